The van der Waals surface area contributed by atoms with Gasteiger partial charge in [0.1, 0.15) is 0 Å². The molecule has 0 saturated carbocycles. The fourth-order valence-corrected chi connectivity index (χ4v) is 3.64. The molecule has 0 bridgehead atoms. The third-order valence-corrected chi connectivity index (χ3v) is 5.54. The number of nitrogens with one attached hydrogen (secondary N) is 2. The van der Waals surface area contributed by atoms with Crippen molar-refractivity contribution in [1.82, 2.24) is 20.4 Å². The van der Waals surface area contributed by atoms with Crippen LogP contribution in [-0.4, -0.2) is 31.2 Å². The van der Waals surface area contributed by atoms with Crippen LogP contribution in [0.3, 0.4) is 0 Å². The van der Waals surface area contributed by atoms with Crippen LogP contribution in [0.25, 0.3) is 5.69 Å². The van der Waals surface area contributed by atoms with Gasteiger partial charge in [0.25, 0.3) is 0 Å². The largest absolute Gasteiger partial charge is 0.352 e. The molecule has 1 heterocycles. The van der Waals surface area contributed by atoms with Gasteiger partial charge in [0, 0.05) is 25.8 Å². The van der Waals surface area contributed by atoms with Crippen LogP contribution in [0, 0.1) is 13.8 Å². The minimum absolute atomic E-state index is 0. The standard InChI is InChI=1S/C21H26N6O2S.HI/c1-15-12-16(2)27(26-15)20-7-5-4-6-18(20)14-25-21(23-3)24-13-17-8-10-19(11-9-17)30(22,28)29;/h4-12H,13-14H2,1-3H3,(H2,22,28,29)(H2,23,24,25);1H. The lowest BCUT2D eigenvalue weighted by molar-refractivity contribution is 0.597. The fraction of sp³-hybridized carbons (Fsp3) is 0.238. The summed E-state index contributed by atoms with van der Waals surface area (Å²) in [5, 5.41) is 16.2. The van der Waals surface area contributed by atoms with Crippen molar-refractivity contribution >= 4 is 40.0 Å². The molecule has 1 aromatic heterocycles. The minimum Gasteiger partial charge on any atom is -0.352 e. The highest BCUT2D eigenvalue weighted by Gasteiger charge is 2.10. The Kier molecular flexibility index (Phi) is 8.60. The molecule has 3 aromatic rings. The number of nitrogens with two attached hydrogens (primary N) is 1. The van der Waals surface area contributed by atoms with Crippen LogP contribution in [0.15, 0.2) is 64.5 Å². The predicted octanol–water partition coefficient (Wildman–Crippen LogP) is 2.62. The predicted molar refractivity (Wildman–Crippen MR) is 133 cm³/mol. The second kappa shape index (κ2) is 10.7. The molecule has 0 fully saturated rings. The van der Waals surface area contributed by atoms with Gasteiger partial charge in [0.15, 0.2) is 5.96 Å². The Bertz CT molecular complexity index is 1160. The number of guanidine groups is 1. The topological polar surface area (TPSA) is 114 Å². The average Bonchev–Trinajstić information content (AvgIpc) is 3.06. The quantitative estimate of drug-likeness (QED) is 0.246. The number of hydrogen-bond acceptors (Lipinski definition) is 4. The van der Waals surface area contributed by atoms with E-state index in [0.29, 0.717) is 19.0 Å². The van der Waals surface area contributed by atoms with Crippen LogP contribution in [-0.2, 0) is 23.1 Å². The molecule has 0 saturated heterocycles. The summed E-state index contributed by atoms with van der Waals surface area (Å²) < 4.78 is 24.7. The van der Waals surface area contributed by atoms with E-state index < -0.39 is 10.0 Å². The van der Waals surface area contributed by atoms with E-state index in [-0.39, 0.29) is 28.9 Å². The summed E-state index contributed by atoms with van der Waals surface area (Å²) in [5.74, 6) is 0.633. The number of benzene rings is 2. The van der Waals surface area contributed by atoms with E-state index in [1.165, 1.54) is 12.1 Å². The van der Waals surface area contributed by atoms with Gasteiger partial charge in [-0.05, 0) is 49.2 Å². The average molecular weight is 554 g/mol. The Morgan fingerprint density at radius 1 is 1.06 bits per heavy atom. The Hall–Kier alpha value is -2.44. The van der Waals surface area contributed by atoms with Gasteiger partial charge in [0.2, 0.25) is 10.0 Å². The first-order valence-electron chi connectivity index (χ1n) is 9.46. The van der Waals surface area contributed by atoms with Gasteiger partial charge in [-0.3, -0.25) is 4.99 Å². The smallest absolute Gasteiger partial charge is 0.238 e. The number of halogens is 1. The summed E-state index contributed by atoms with van der Waals surface area (Å²) in [6, 6.07) is 16.6. The number of aryl methyl sites for hydroxylation is 2. The van der Waals surface area contributed by atoms with Crippen LogP contribution < -0.4 is 15.8 Å². The van der Waals surface area contributed by atoms with Crippen molar-refractivity contribution in [2.24, 2.45) is 10.1 Å². The Morgan fingerprint density at radius 3 is 2.29 bits per heavy atom. The maximum Gasteiger partial charge on any atom is 0.238 e. The van der Waals surface area contributed by atoms with Gasteiger partial charge in [0.05, 0.1) is 16.3 Å². The van der Waals surface area contributed by atoms with Crippen LogP contribution >= 0.6 is 24.0 Å². The molecule has 166 valence electrons. The first kappa shape index (κ1) is 24.8. The van der Waals surface area contributed by atoms with Crippen molar-refractivity contribution in [2.45, 2.75) is 31.8 Å². The van der Waals surface area contributed by atoms with Crippen LogP contribution in [0.4, 0.5) is 0 Å². The molecule has 0 aliphatic heterocycles. The number of rotatable bonds is 6. The summed E-state index contributed by atoms with van der Waals surface area (Å²) in [4.78, 5) is 4.35. The van der Waals surface area contributed by atoms with Crippen molar-refractivity contribution in [1.29, 1.82) is 0 Å². The number of nitrogens with zero attached hydrogens (tertiary/aromatic N) is 3. The van der Waals surface area contributed by atoms with Crippen LogP contribution in [0.2, 0.25) is 0 Å². The summed E-state index contributed by atoms with van der Waals surface area (Å²) in [6.45, 7) is 5.07. The molecule has 10 heteroatoms. The second-order valence-corrected chi connectivity index (χ2v) is 8.50. The van der Waals surface area contributed by atoms with Gasteiger partial charge in [-0.1, -0.05) is 30.3 Å². The molecule has 0 aliphatic rings. The molecule has 0 aliphatic carbocycles. The third kappa shape index (κ3) is 6.52. The highest BCUT2D eigenvalue weighted by atomic mass is 127. The molecular weight excluding hydrogens is 527 g/mol. The zero-order chi connectivity index (χ0) is 21.7. The highest BCUT2D eigenvalue weighted by Crippen LogP contribution is 2.17. The van der Waals surface area contributed by atoms with E-state index in [1.807, 2.05) is 42.8 Å². The lowest BCUT2D eigenvalue weighted by atomic mass is 10.1. The maximum absolute atomic E-state index is 11.4. The highest BCUT2D eigenvalue weighted by molar-refractivity contribution is 14.0. The van der Waals surface area contributed by atoms with E-state index >= 15 is 0 Å². The SMILES string of the molecule is CN=C(NCc1ccc(S(N)(=O)=O)cc1)NCc1ccccc1-n1nc(C)cc1C.I. The molecule has 0 amide bonds. The Balaban J connectivity index is 0.00000341. The molecule has 31 heavy (non-hydrogen) atoms. The molecule has 0 atom stereocenters. The summed E-state index contributed by atoms with van der Waals surface area (Å²) in [7, 11) is -1.99. The number of aromatic nitrogens is 2. The van der Waals surface area contributed by atoms with E-state index in [9.17, 15) is 8.42 Å². The number of aliphatic imine (C=N–C) groups is 1. The zero-order valence-electron chi connectivity index (χ0n) is 17.7. The van der Waals surface area contributed by atoms with Gasteiger partial charge in [-0.2, -0.15) is 5.10 Å². The van der Waals surface area contributed by atoms with Crippen molar-refractivity contribution in [3.63, 3.8) is 0 Å². The second-order valence-electron chi connectivity index (χ2n) is 6.94. The van der Waals surface area contributed by atoms with Gasteiger partial charge >= 0.3 is 0 Å². The van der Waals surface area contributed by atoms with Crippen molar-refractivity contribution in [3.8, 4) is 5.69 Å². The van der Waals surface area contributed by atoms with Crippen molar-refractivity contribution in [2.75, 3.05) is 7.05 Å². The fourth-order valence-electron chi connectivity index (χ4n) is 3.12. The lowest BCUT2D eigenvalue weighted by Gasteiger charge is -2.15. The lowest BCUT2D eigenvalue weighted by Crippen LogP contribution is -2.36. The van der Waals surface area contributed by atoms with E-state index in [4.69, 9.17) is 5.14 Å². The summed E-state index contributed by atoms with van der Waals surface area (Å²) in [5.41, 5.74) is 5.06. The minimum atomic E-state index is -3.69. The molecule has 0 unspecified atom stereocenters. The van der Waals surface area contributed by atoms with Gasteiger partial charge < -0.3 is 10.6 Å². The van der Waals surface area contributed by atoms with E-state index in [1.54, 1.807) is 19.2 Å². The monoisotopic (exact) mass is 554 g/mol. The molecule has 4 N–H and O–H groups in total. The third-order valence-electron chi connectivity index (χ3n) is 4.61. The first-order valence-corrected chi connectivity index (χ1v) is 11.0. The molecule has 3 rings (SSSR count). The van der Waals surface area contributed by atoms with Gasteiger partial charge in [-0.15, -0.1) is 24.0 Å². The molecule has 8 nitrogen and oxygen atoms in total. The van der Waals surface area contributed by atoms with Crippen LogP contribution in [0.1, 0.15) is 22.5 Å². The number of para-hydroxylation sites is 1. The summed E-state index contributed by atoms with van der Waals surface area (Å²) >= 11 is 0. The molecule has 2 aromatic carbocycles. The molecule has 0 radical (unpaired) electrons. The first-order chi connectivity index (χ1) is 14.3. The number of primary sulfonamides is 1. The Labute approximate surface area is 200 Å². The number of sulfonamides is 1. The zero-order valence-corrected chi connectivity index (χ0v) is 20.8. The van der Waals surface area contributed by atoms with Crippen molar-refractivity contribution < 1.29 is 8.42 Å². The molecule has 0 spiro atoms. The van der Waals surface area contributed by atoms with E-state index in [2.05, 4.69) is 26.8 Å². The van der Waals surface area contributed by atoms with Gasteiger partial charge in [-0.25, -0.2) is 18.2 Å². The summed E-state index contributed by atoms with van der Waals surface area (Å²) in [6.07, 6.45) is 0. The maximum atomic E-state index is 11.4. The van der Waals surface area contributed by atoms with E-state index in [0.717, 1.165) is 28.2 Å². The van der Waals surface area contributed by atoms with Crippen LogP contribution in [0.5, 0.6) is 0 Å². The molecular formula is C21H27IN6O2S. The normalized spacial score (nSPS) is 11.7. The Morgan fingerprint density at radius 2 is 1.71 bits per heavy atom. The number of hydrogen-bond donors (Lipinski definition) is 3. The van der Waals surface area contributed by atoms with Crippen molar-refractivity contribution in [3.05, 3.63) is 77.1 Å².